The summed E-state index contributed by atoms with van der Waals surface area (Å²) < 4.78 is 0. The van der Waals surface area contributed by atoms with Crippen LogP contribution in [0.4, 0.5) is 0 Å². The fraction of sp³-hybridized carbons (Fsp3) is 0.833. The van der Waals surface area contributed by atoms with Crippen molar-refractivity contribution in [3.8, 4) is 0 Å². The minimum absolute atomic E-state index is 0.173. The van der Waals surface area contributed by atoms with E-state index < -0.39 is 0 Å². The normalized spacial score (nSPS) is 16.8. The first-order chi connectivity index (χ1) is 6.99. The zero-order valence-corrected chi connectivity index (χ0v) is 10.3. The molecule has 0 fully saturated rings. The third-order valence-electron chi connectivity index (χ3n) is 2.47. The lowest BCUT2D eigenvalue weighted by molar-refractivity contribution is -0.128. The first-order valence-corrected chi connectivity index (χ1v) is 5.85. The van der Waals surface area contributed by atoms with E-state index in [4.69, 9.17) is 0 Å². The van der Waals surface area contributed by atoms with Gasteiger partial charge in [-0.05, 0) is 24.7 Å². The van der Waals surface area contributed by atoms with Crippen LogP contribution >= 0.6 is 0 Å². The monoisotopic (exact) mass is 210 g/mol. The zero-order valence-electron chi connectivity index (χ0n) is 10.3. The summed E-state index contributed by atoms with van der Waals surface area (Å²) in [5.41, 5.74) is 1.05. The Morgan fingerprint density at radius 2 is 1.93 bits per heavy atom. The molecule has 0 saturated heterocycles. The largest absolute Gasteiger partial charge is 0.273 e. The minimum atomic E-state index is 0.173. The van der Waals surface area contributed by atoms with Crippen LogP contribution in [0.3, 0.4) is 0 Å². The maximum absolute atomic E-state index is 11.6. The molecule has 3 nitrogen and oxygen atoms in total. The number of hydrogen-bond acceptors (Lipinski definition) is 2. The van der Waals surface area contributed by atoms with Crippen molar-refractivity contribution < 1.29 is 4.79 Å². The minimum Gasteiger partial charge on any atom is -0.273 e. The maximum Gasteiger partial charge on any atom is 0.248 e. The summed E-state index contributed by atoms with van der Waals surface area (Å²) in [7, 11) is 0. The van der Waals surface area contributed by atoms with Gasteiger partial charge in [0.25, 0.3) is 0 Å². The molecular formula is C12H22N2O. The summed E-state index contributed by atoms with van der Waals surface area (Å²) in [5.74, 6) is 1.38. The SMILES string of the molecule is CC(C)CCN1N=C(CC(C)C)CC1=O. The van der Waals surface area contributed by atoms with Gasteiger partial charge in [-0.1, -0.05) is 27.7 Å². The summed E-state index contributed by atoms with van der Waals surface area (Å²) in [6, 6.07) is 0. The molecule has 3 heteroatoms. The van der Waals surface area contributed by atoms with E-state index in [1.54, 1.807) is 5.01 Å². The molecule has 0 aromatic carbocycles. The molecule has 0 saturated carbocycles. The summed E-state index contributed by atoms with van der Waals surface area (Å²) in [4.78, 5) is 11.6. The fourth-order valence-corrected chi connectivity index (χ4v) is 1.67. The van der Waals surface area contributed by atoms with Gasteiger partial charge in [0.05, 0.1) is 6.42 Å². The lowest BCUT2D eigenvalue weighted by Crippen LogP contribution is -2.22. The van der Waals surface area contributed by atoms with Gasteiger partial charge in [-0.2, -0.15) is 5.10 Å². The highest BCUT2D eigenvalue weighted by atomic mass is 16.2. The van der Waals surface area contributed by atoms with Gasteiger partial charge in [0.1, 0.15) is 0 Å². The second-order valence-corrected chi connectivity index (χ2v) is 5.14. The van der Waals surface area contributed by atoms with E-state index in [0.717, 1.165) is 25.1 Å². The lowest BCUT2D eigenvalue weighted by Gasteiger charge is -2.12. The lowest BCUT2D eigenvalue weighted by atomic mass is 10.1. The van der Waals surface area contributed by atoms with Crippen LogP contribution < -0.4 is 0 Å². The number of carbonyl (C=O) groups is 1. The highest BCUT2D eigenvalue weighted by Crippen LogP contribution is 2.15. The van der Waals surface area contributed by atoms with Crippen molar-refractivity contribution in [1.29, 1.82) is 0 Å². The van der Waals surface area contributed by atoms with Gasteiger partial charge < -0.3 is 0 Å². The molecule has 86 valence electrons. The number of rotatable bonds is 5. The molecule has 0 unspecified atom stereocenters. The Morgan fingerprint density at radius 3 is 2.47 bits per heavy atom. The zero-order chi connectivity index (χ0) is 11.4. The van der Waals surface area contributed by atoms with Gasteiger partial charge in [-0.3, -0.25) is 4.79 Å². The molecule has 0 aromatic heterocycles. The highest BCUT2D eigenvalue weighted by molar-refractivity contribution is 6.04. The predicted molar refractivity (Wildman–Crippen MR) is 62.7 cm³/mol. The Kier molecular flexibility index (Phi) is 4.30. The van der Waals surface area contributed by atoms with Crippen molar-refractivity contribution >= 4 is 11.6 Å². The van der Waals surface area contributed by atoms with Gasteiger partial charge in [0.2, 0.25) is 5.91 Å². The summed E-state index contributed by atoms with van der Waals surface area (Å²) in [6.45, 7) is 9.42. The number of nitrogens with zero attached hydrogens (tertiary/aromatic N) is 2. The molecule has 1 heterocycles. The third-order valence-corrected chi connectivity index (χ3v) is 2.47. The van der Waals surface area contributed by atoms with Crippen LogP contribution in [0.2, 0.25) is 0 Å². The molecule has 0 radical (unpaired) electrons. The molecule has 0 aromatic rings. The van der Waals surface area contributed by atoms with Crippen LogP contribution in [0.25, 0.3) is 0 Å². The quantitative estimate of drug-likeness (QED) is 0.686. The van der Waals surface area contributed by atoms with E-state index in [2.05, 4.69) is 32.8 Å². The Bertz CT molecular complexity index is 256. The standard InChI is InChI=1S/C12H22N2O/c1-9(2)5-6-14-12(15)8-11(13-14)7-10(3)4/h9-10H,5-8H2,1-4H3. The number of carbonyl (C=O) groups excluding carboxylic acids is 1. The smallest absolute Gasteiger partial charge is 0.248 e. The molecule has 15 heavy (non-hydrogen) atoms. The van der Waals surface area contributed by atoms with Gasteiger partial charge in [-0.15, -0.1) is 0 Å². The van der Waals surface area contributed by atoms with Crippen LogP contribution in [0, 0.1) is 11.8 Å². The topological polar surface area (TPSA) is 32.7 Å². The molecule has 1 rings (SSSR count). The van der Waals surface area contributed by atoms with E-state index in [9.17, 15) is 4.79 Å². The van der Waals surface area contributed by atoms with E-state index in [0.29, 0.717) is 18.3 Å². The summed E-state index contributed by atoms with van der Waals surface area (Å²) in [5, 5.41) is 6.03. The average Bonchev–Trinajstić information content (AvgIpc) is 2.41. The first kappa shape index (κ1) is 12.2. The van der Waals surface area contributed by atoms with Crippen LogP contribution in [-0.2, 0) is 4.79 Å². The molecule has 1 aliphatic heterocycles. The van der Waals surface area contributed by atoms with E-state index in [-0.39, 0.29) is 5.91 Å². The second-order valence-electron chi connectivity index (χ2n) is 5.14. The highest BCUT2D eigenvalue weighted by Gasteiger charge is 2.23. The van der Waals surface area contributed by atoms with Crippen molar-refractivity contribution in [2.24, 2.45) is 16.9 Å². The van der Waals surface area contributed by atoms with Crippen molar-refractivity contribution in [3.05, 3.63) is 0 Å². The molecule has 1 amide bonds. The van der Waals surface area contributed by atoms with E-state index in [1.807, 2.05) is 0 Å². The molecule has 0 atom stereocenters. The Hall–Kier alpha value is -0.860. The Balaban J connectivity index is 2.44. The predicted octanol–water partition coefficient (Wildman–Crippen LogP) is 2.67. The molecule has 0 N–H and O–H groups in total. The number of hydrazone groups is 1. The summed E-state index contributed by atoms with van der Waals surface area (Å²) in [6.07, 6.45) is 2.52. The number of hydrogen-bond donors (Lipinski definition) is 0. The first-order valence-electron chi connectivity index (χ1n) is 5.85. The van der Waals surface area contributed by atoms with Crippen LogP contribution in [-0.4, -0.2) is 23.2 Å². The molecular weight excluding hydrogens is 188 g/mol. The van der Waals surface area contributed by atoms with Crippen molar-refractivity contribution in [2.75, 3.05) is 6.54 Å². The Labute approximate surface area is 92.5 Å². The third kappa shape index (κ3) is 4.02. The average molecular weight is 210 g/mol. The van der Waals surface area contributed by atoms with Gasteiger partial charge in [0.15, 0.2) is 0 Å². The van der Waals surface area contributed by atoms with Crippen molar-refractivity contribution in [3.63, 3.8) is 0 Å². The van der Waals surface area contributed by atoms with Crippen molar-refractivity contribution in [1.82, 2.24) is 5.01 Å². The van der Waals surface area contributed by atoms with Gasteiger partial charge in [0, 0.05) is 12.3 Å². The maximum atomic E-state index is 11.6. The molecule has 0 spiro atoms. The fourth-order valence-electron chi connectivity index (χ4n) is 1.67. The van der Waals surface area contributed by atoms with Gasteiger partial charge in [-0.25, -0.2) is 5.01 Å². The van der Waals surface area contributed by atoms with E-state index in [1.165, 1.54) is 0 Å². The van der Waals surface area contributed by atoms with Crippen molar-refractivity contribution in [2.45, 2.75) is 47.0 Å². The Morgan fingerprint density at radius 1 is 1.27 bits per heavy atom. The summed E-state index contributed by atoms with van der Waals surface area (Å²) >= 11 is 0. The van der Waals surface area contributed by atoms with Gasteiger partial charge >= 0.3 is 0 Å². The van der Waals surface area contributed by atoms with Crippen LogP contribution in [0.15, 0.2) is 5.10 Å². The second kappa shape index (κ2) is 5.29. The number of amides is 1. The van der Waals surface area contributed by atoms with Crippen LogP contribution in [0.1, 0.15) is 47.0 Å². The molecule has 0 aliphatic carbocycles. The van der Waals surface area contributed by atoms with Crippen LogP contribution in [0.5, 0.6) is 0 Å². The molecule has 0 bridgehead atoms. The molecule has 1 aliphatic rings. The van der Waals surface area contributed by atoms with E-state index >= 15 is 0 Å².